The molecule has 0 spiro atoms. The number of halogens is 1. The van der Waals surface area contributed by atoms with Crippen LogP contribution in [-0.4, -0.2) is 32.3 Å². The van der Waals surface area contributed by atoms with Gasteiger partial charge in [0.2, 0.25) is 11.8 Å². The van der Waals surface area contributed by atoms with E-state index in [4.69, 9.17) is 0 Å². The largest absolute Gasteiger partial charge is 0.325 e. The molecule has 0 aliphatic rings. The highest BCUT2D eigenvalue weighted by Crippen LogP contribution is 2.19. The van der Waals surface area contributed by atoms with Crippen molar-refractivity contribution >= 4 is 35.0 Å². The first-order valence-electron chi connectivity index (χ1n) is 9.76. The number of aryl methyl sites for hydroxylation is 3. The molecule has 0 unspecified atom stereocenters. The number of thioether (sulfide) groups is 1. The van der Waals surface area contributed by atoms with Gasteiger partial charge in [0.1, 0.15) is 11.6 Å². The molecular formula is C22H24FN5O2S. The number of para-hydroxylation sites is 1. The molecule has 9 heteroatoms. The van der Waals surface area contributed by atoms with Gasteiger partial charge in [-0.1, -0.05) is 30.0 Å². The molecule has 162 valence electrons. The minimum atomic E-state index is -0.479. The third kappa shape index (κ3) is 6.14. The van der Waals surface area contributed by atoms with Gasteiger partial charge in [0.05, 0.1) is 11.4 Å². The van der Waals surface area contributed by atoms with E-state index in [1.807, 2.05) is 32.0 Å². The summed E-state index contributed by atoms with van der Waals surface area (Å²) in [6.07, 6.45) is 0.484. The molecule has 0 saturated carbocycles. The minimum Gasteiger partial charge on any atom is -0.325 e. The van der Waals surface area contributed by atoms with Crippen molar-refractivity contribution in [1.82, 2.24) is 14.8 Å². The highest BCUT2D eigenvalue weighted by Gasteiger charge is 2.14. The van der Waals surface area contributed by atoms with Crippen molar-refractivity contribution in [2.45, 2.75) is 31.8 Å². The Morgan fingerprint density at radius 3 is 2.55 bits per heavy atom. The van der Waals surface area contributed by atoms with Gasteiger partial charge in [-0.05, 0) is 49.2 Å². The molecule has 0 fully saturated rings. The third-order valence-electron chi connectivity index (χ3n) is 4.77. The average Bonchev–Trinajstić information content (AvgIpc) is 3.09. The molecule has 2 N–H and O–H groups in total. The standard InChI is InChI=1S/C22H24FN5O2S/c1-14-8-9-16(12-15(14)2)24-21(30)13-31-22-27-26-19(28(22)3)10-11-20(29)25-18-7-5-4-6-17(18)23/h4-9,12H,10-11,13H2,1-3H3,(H,24,30)(H,25,29). The summed E-state index contributed by atoms with van der Waals surface area (Å²) in [5, 5.41) is 14.2. The van der Waals surface area contributed by atoms with Gasteiger partial charge < -0.3 is 15.2 Å². The first-order valence-corrected chi connectivity index (χ1v) is 10.7. The molecule has 2 amide bonds. The average molecular weight is 442 g/mol. The lowest BCUT2D eigenvalue weighted by Crippen LogP contribution is -2.15. The summed E-state index contributed by atoms with van der Waals surface area (Å²) in [6.45, 7) is 4.02. The first-order chi connectivity index (χ1) is 14.8. The Morgan fingerprint density at radius 1 is 1.03 bits per heavy atom. The fourth-order valence-electron chi connectivity index (χ4n) is 2.84. The number of aromatic nitrogens is 3. The van der Waals surface area contributed by atoms with Crippen molar-refractivity contribution in [2.24, 2.45) is 7.05 Å². The number of hydrogen-bond acceptors (Lipinski definition) is 5. The highest BCUT2D eigenvalue weighted by molar-refractivity contribution is 7.99. The van der Waals surface area contributed by atoms with Crippen LogP contribution < -0.4 is 10.6 Å². The summed E-state index contributed by atoms with van der Waals surface area (Å²) < 4.78 is 15.4. The molecule has 1 heterocycles. The smallest absolute Gasteiger partial charge is 0.234 e. The van der Waals surface area contributed by atoms with Crippen LogP contribution in [0.15, 0.2) is 47.6 Å². The fourth-order valence-corrected chi connectivity index (χ4v) is 3.57. The predicted molar refractivity (Wildman–Crippen MR) is 120 cm³/mol. The van der Waals surface area contributed by atoms with Crippen molar-refractivity contribution in [3.8, 4) is 0 Å². The zero-order valence-electron chi connectivity index (χ0n) is 17.6. The molecule has 1 aromatic heterocycles. The maximum atomic E-state index is 13.6. The molecule has 0 aliphatic heterocycles. The molecule has 7 nitrogen and oxygen atoms in total. The fraction of sp³-hybridized carbons (Fsp3) is 0.273. The Balaban J connectivity index is 1.49. The number of amides is 2. The summed E-state index contributed by atoms with van der Waals surface area (Å²) in [4.78, 5) is 24.3. The number of rotatable bonds is 8. The number of nitrogens with zero attached hydrogens (tertiary/aromatic N) is 3. The van der Waals surface area contributed by atoms with Crippen molar-refractivity contribution < 1.29 is 14.0 Å². The Labute approximate surface area is 184 Å². The summed E-state index contributed by atoms with van der Waals surface area (Å²) >= 11 is 1.27. The van der Waals surface area contributed by atoms with E-state index in [0.717, 1.165) is 11.3 Å². The van der Waals surface area contributed by atoms with Gasteiger partial charge in [0.15, 0.2) is 5.16 Å². The summed E-state index contributed by atoms with van der Waals surface area (Å²) in [5.41, 5.74) is 3.19. The third-order valence-corrected chi connectivity index (χ3v) is 5.79. The topological polar surface area (TPSA) is 88.9 Å². The highest BCUT2D eigenvalue weighted by atomic mass is 32.2. The monoisotopic (exact) mass is 441 g/mol. The Morgan fingerprint density at radius 2 is 1.81 bits per heavy atom. The van der Waals surface area contributed by atoms with Crippen LogP contribution in [0.2, 0.25) is 0 Å². The van der Waals surface area contributed by atoms with Gasteiger partial charge in [-0.2, -0.15) is 0 Å². The number of nitrogens with one attached hydrogen (secondary N) is 2. The number of hydrogen-bond donors (Lipinski definition) is 2. The predicted octanol–water partition coefficient (Wildman–Crippen LogP) is 3.87. The Bertz CT molecular complexity index is 1100. The van der Waals surface area contributed by atoms with Crippen LogP contribution >= 0.6 is 11.8 Å². The molecule has 3 aromatic rings. The van der Waals surface area contributed by atoms with E-state index in [1.54, 1.807) is 23.7 Å². The van der Waals surface area contributed by atoms with E-state index in [9.17, 15) is 14.0 Å². The molecule has 3 rings (SSSR count). The van der Waals surface area contributed by atoms with Gasteiger partial charge >= 0.3 is 0 Å². The zero-order chi connectivity index (χ0) is 22.4. The Kier molecular flexibility index (Phi) is 7.41. The summed E-state index contributed by atoms with van der Waals surface area (Å²) in [7, 11) is 1.79. The molecule has 0 saturated heterocycles. The first kappa shape index (κ1) is 22.5. The van der Waals surface area contributed by atoms with Crippen molar-refractivity contribution in [1.29, 1.82) is 0 Å². The number of benzene rings is 2. The van der Waals surface area contributed by atoms with Crippen LogP contribution in [0.1, 0.15) is 23.4 Å². The quantitative estimate of drug-likeness (QED) is 0.518. The summed E-state index contributed by atoms with van der Waals surface area (Å²) in [5.74, 6) is -0.127. The molecule has 31 heavy (non-hydrogen) atoms. The zero-order valence-corrected chi connectivity index (χ0v) is 18.4. The van der Waals surface area contributed by atoms with E-state index in [2.05, 4.69) is 20.8 Å². The second kappa shape index (κ2) is 10.2. The lowest BCUT2D eigenvalue weighted by Gasteiger charge is -2.08. The Hall–Kier alpha value is -3.20. The van der Waals surface area contributed by atoms with Crippen LogP contribution in [0.25, 0.3) is 0 Å². The lowest BCUT2D eigenvalue weighted by atomic mass is 10.1. The minimum absolute atomic E-state index is 0.137. The van der Waals surface area contributed by atoms with Crippen LogP contribution in [0.4, 0.5) is 15.8 Å². The number of anilines is 2. The van der Waals surface area contributed by atoms with Gasteiger partial charge in [-0.3, -0.25) is 9.59 Å². The van der Waals surface area contributed by atoms with Crippen molar-refractivity contribution in [3.05, 3.63) is 65.2 Å². The SMILES string of the molecule is Cc1ccc(NC(=O)CSc2nnc(CCC(=O)Nc3ccccc3F)n2C)cc1C. The van der Waals surface area contributed by atoms with Crippen LogP contribution in [0.5, 0.6) is 0 Å². The maximum absolute atomic E-state index is 13.6. The number of carbonyl (C=O) groups is 2. The van der Waals surface area contributed by atoms with Gasteiger partial charge in [-0.25, -0.2) is 4.39 Å². The van der Waals surface area contributed by atoms with Crippen LogP contribution in [0, 0.1) is 19.7 Å². The normalized spacial score (nSPS) is 10.7. The second-order valence-corrected chi connectivity index (χ2v) is 8.06. The summed E-state index contributed by atoms with van der Waals surface area (Å²) in [6, 6.07) is 11.8. The molecular weight excluding hydrogens is 417 g/mol. The molecule has 0 aliphatic carbocycles. The van der Waals surface area contributed by atoms with Gasteiger partial charge in [0.25, 0.3) is 0 Å². The van der Waals surface area contributed by atoms with E-state index in [1.165, 1.54) is 29.5 Å². The van der Waals surface area contributed by atoms with Crippen LogP contribution in [-0.2, 0) is 23.1 Å². The van der Waals surface area contributed by atoms with Crippen molar-refractivity contribution in [2.75, 3.05) is 16.4 Å². The van der Waals surface area contributed by atoms with Crippen molar-refractivity contribution in [3.63, 3.8) is 0 Å². The molecule has 0 bridgehead atoms. The second-order valence-electron chi connectivity index (χ2n) is 7.12. The lowest BCUT2D eigenvalue weighted by molar-refractivity contribution is -0.116. The van der Waals surface area contributed by atoms with Gasteiger partial charge in [-0.15, -0.1) is 10.2 Å². The van der Waals surface area contributed by atoms with E-state index in [0.29, 0.717) is 17.4 Å². The van der Waals surface area contributed by atoms with E-state index in [-0.39, 0.29) is 29.7 Å². The maximum Gasteiger partial charge on any atom is 0.234 e. The van der Waals surface area contributed by atoms with E-state index < -0.39 is 5.82 Å². The molecule has 0 atom stereocenters. The van der Waals surface area contributed by atoms with Crippen LogP contribution in [0.3, 0.4) is 0 Å². The van der Waals surface area contributed by atoms with Gasteiger partial charge in [0, 0.05) is 25.6 Å². The molecule has 0 radical (unpaired) electrons. The number of carbonyl (C=O) groups excluding carboxylic acids is 2. The molecule has 2 aromatic carbocycles. The van der Waals surface area contributed by atoms with E-state index >= 15 is 0 Å².